The highest BCUT2D eigenvalue weighted by Crippen LogP contribution is 2.38. The van der Waals surface area contributed by atoms with Crippen molar-refractivity contribution in [3.8, 4) is 16.9 Å². The molecule has 0 N–H and O–H groups in total. The fourth-order valence-corrected chi connectivity index (χ4v) is 2.23. The Labute approximate surface area is 95.7 Å². The molecule has 80 valence electrons. The molecule has 0 atom stereocenters. The fourth-order valence-electron chi connectivity index (χ4n) is 2.23. The summed E-state index contributed by atoms with van der Waals surface area (Å²) in [5.74, 6) is 1.01. The van der Waals surface area contributed by atoms with Crippen LogP contribution in [0.5, 0.6) is 5.75 Å². The monoisotopic (exact) mass is 210 g/mol. The number of aryl methyl sites for hydroxylation is 2. The van der Waals surface area contributed by atoms with E-state index in [9.17, 15) is 0 Å². The molecule has 0 amide bonds. The van der Waals surface area contributed by atoms with E-state index >= 15 is 0 Å². The third-order valence-electron chi connectivity index (χ3n) is 3.07. The number of hydrogen-bond acceptors (Lipinski definition) is 1. The summed E-state index contributed by atoms with van der Waals surface area (Å²) in [4.78, 5) is 0. The maximum Gasteiger partial charge on any atom is 0.127 e. The van der Waals surface area contributed by atoms with Gasteiger partial charge in [0.25, 0.3) is 0 Å². The van der Waals surface area contributed by atoms with E-state index in [4.69, 9.17) is 4.74 Å². The Kier molecular flexibility index (Phi) is 2.00. The normalized spacial score (nSPS) is 12.6. The molecule has 0 spiro atoms. The minimum absolute atomic E-state index is 0.688. The van der Waals surface area contributed by atoms with Crippen LogP contribution < -0.4 is 4.74 Å². The summed E-state index contributed by atoms with van der Waals surface area (Å²) >= 11 is 0. The Morgan fingerprint density at radius 2 is 1.56 bits per heavy atom. The predicted octanol–water partition coefficient (Wildman–Crippen LogP) is 3.86. The zero-order valence-corrected chi connectivity index (χ0v) is 9.58. The molecule has 2 aromatic rings. The molecule has 1 nitrogen and oxygen atoms in total. The van der Waals surface area contributed by atoms with Crippen molar-refractivity contribution >= 4 is 0 Å². The first-order valence-electron chi connectivity index (χ1n) is 5.57. The van der Waals surface area contributed by atoms with Crippen molar-refractivity contribution < 1.29 is 4.74 Å². The zero-order valence-electron chi connectivity index (χ0n) is 9.58. The minimum atomic E-state index is 0.688. The third-order valence-corrected chi connectivity index (χ3v) is 3.07. The third kappa shape index (κ3) is 1.40. The van der Waals surface area contributed by atoms with Crippen molar-refractivity contribution in [1.82, 2.24) is 0 Å². The van der Waals surface area contributed by atoms with Crippen LogP contribution in [-0.4, -0.2) is 0 Å². The summed E-state index contributed by atoms with van der Waals surface area (Å²) in [6.45, 7) is 4.90. The Bertz CT molecular complexity index is 504. The SMILES string of the molecule is Cc1ccc2c(c1)COc1cc(C)ccc1-2. The van der Waals surface area contributed by atoms with E-state index in [-0.39, 0.29) is 0 Å². The molecule has 0 fully saturated rings. The van der Waals surface area contributed by atoms with E-state index in [1.165, 1.54) is 27.8 Å². The molecule has 0 aliphatic carbocycles. The maximum absolute atomic E-state index is 5.79. The van der Waals surface area contributed by atoms with Gasteiger partial charge in [0, 0.05) is 5.56 Å². The number of fused-ring (bicyclic) bond motifs is 3. The molecule has 1 aliphatic rings. The van der Waals surface area contributed by atoms with Crippen LogP contribution in [0, 0.1) is 13.8 Å². The van der Waals surface area contributed by atoms with Crippen molar-refractivity contribution in [3.05, 3.63) is 53.1 Å². The summed E-state index contributed by atoms with van der Waals surface area (Å²) in [7, 11) is 0. The molecule has 1 heteroatoms. The second-order valence-corrected chi connectivity index (χ2v) is 4.45. The van der Waals surface area contributed by atoms with E-state index in [1.807, 2.05) is 0 Å². The Balaban J connectivity index is 2.23. The van der Waals surface area contributed by atoms with Gasteiger partial charge in [0.05, 0.1) is 0 Å². The van der Waals surface area contributed by atoms with Crippen molar-refractivity contribution in [2.45, 2.75) is 20.5 Å². The average Bonchev–Trinajstić information content (AvgIpc) is 2.28. The maximum atomic E-state index is 5.79. The Morgan fingerprint density at radius 1 is 0.875 bits per heavy atom. The molecule has 0 bridgehead atoms. The molecule has 0 unspecified atom stereocenters. The first-order chi connectivity index (χ1) is 7.74. The van der Waals surface area contributed by atoms with Gasteiger partial charge in [-0.3, -0.25) is 0 Å². The van der Waals surface area contributed by atoms with Crippen molar-refractivity contribution in [2.75, 3.05) is 0 Å². The molecule has 1 aliphatic heterocycles. The minimum Gasteiger partial charge on any atom is -0.488 e. The van der Waals surface area contributed by atoms with Crippen LogP contribution in [-0.2, 0) is 6.61 Å². The number of benzene rings is 2. The van der Waals surface area contributed by atoms with E-state index in [0.717, 1.165) is 5.75 Å². The highest BCUT2D eigenvalue weighted by Gasteiger charge is 2.16. The highest BCUT2D eigenvalue weighted by atomic mass is 16.5. The van der Waals surface area contributed by atoms with Gasteiger partial charge in [-0.1, -0.05) is 35.9 Å². The largest absolute Gasteiger partial charge is 0.488 e. The lowest BCUT2D eigenvalue weighted by Gasteiger charge is -2.21. The van der Waals surface area contributed by atoms with Gasteiger partial charge in [0.2, 0.25) is 0 Å². The first kappa shape index (κ1) is 9.46. The van der Waals surface area contributed by atoms with Crippen molar-refractivity contribution in [2.24, 2.45) is 0 Å². The van der Waals surface area contributed by atoms with Crippen LogP contribution in [0.1, 0.15) is 16.7 Å². The molecule has 0 radical (unpaired) electrons. The average molecular weight is 210 g/mol. The molecule has 1 heterocycles. The van der Waals surface area contributed by atoms with Gasteiger partial charge < -0.3 is 4.74 Å². The van der Waals surface area contributed by atoms with Crippen LogP contribution in [0.25, 0.3) is 11.1 Å². The predicted molar refractivity (Wildman–Crippen MR) is 65.7 cm³/mol. The Morgan fingerprint density at radius 3 is 2.38 bits per heavy atom. The van der Waals surface area contributed by atoms with Gasteiger partial charge in [-0.25, -0.2) is 0 Å². The molecule has 0 aromatic heterocycles. The smallest absolute Gasteiger partial charge is 0.127 e. The molecule has 0 saturated carbocycles. The summed E-state index contributed by atoms with van der Waals surface area (Å²) < 4.78 is 5.79. The lowest BCUT2D eigenvalue weighted by Crippen LogP contribution is -2.05. The lowest BCUT2D eigenvalue weighted by atomic mass is 9.95. The Hall–Kier alpha value is -1.76. The molecular formula is C15H14O. The van der Waals surface area contributed by atoms with Gasteiger partial charge in [-0.05, 0) is 36.6 Å². The molecule has 0 saturated heterocycles. The standard InChI is InChI=1S/C15H14O/c1-10-3-5-13-12(7-10)9-16-15-8-11(2)4-6-14(13)15/h3-8H,9H2,1-2H3. The second kappa shape index (κ2) is 3.38. The van der Waals surface area contributed by atoms with E-state index in [0.29, 0.717) is 6.61 Å². The van der Waals surface area contributed by atoms with Gasteiger partial charge in [-0.15, -0.1) is 0 Å². The van der Waals surface area contributed by atoms with Crippen LogP contribution in [0.4, 0.5) is 0 Å². The summed E-state index contributed by atoms with van der Waals surface area (Å²) in [6.07, 6.45) is 0. The topological polar surface area (TPSA) is 9.23 Å². The summed E-state index contributed by atoms with van der Waals surface area (Å²) in [5.41, 5.74) is 6.35. The van der Waals surface area contributed by atoms with Crippen molar-refractivity contribution in [3.63, 3.8) is 0 Å². The fraction of sp³-hybridized carbons (Fsp3) is 0.200. The zero-order chi connectivity index (χ0) is 11.1. The summed E-state index contributed by atoms with van der Waals surface area (Å²) in [6, 6.07) is 13.0. The van der Waals surface area contributed by atoms with Crippen LogP contribution in [0.3, 0.4) is 0 Å². The number of ether oxygens (including phenoxy) is 1. The quantitative estimate of drug-likeness (QED) is 0.641. The first-order valence-corrected chi connectivity index (χ1v) is 5.57. The van der Waals surface area contributed by atoms with Crippen LogP contribution >= 0.6 is 0 Å². The number of hydrogen-bond donors (Lipinski definition) is 0. The van der Waals surface area contributed by atoms with E-state index < -0.39 is 0 Å². The molecule has 16 heavy (non-hydrogen) atoms. The van der Waals surface area contributed by atoms with E-state index in [2.05, 4.69) is 50.2 Å². The molecule has 3 rings (SSSR count). The van der Waals surface area contributed by atoms with Gasteiger partial charge in [-0.2, -0.15) is 0 Å². The van der Waals surface area contributed by atoms with Crippen LogP contribution in [0.2, 0.25) is 0 Å². The highest BCUT2D eigenvalue weighted by molar-refractivity contribution is 5.75. The second-order valence-electron chi connectivity index (χ2n) is 4.45. The van der Waals surface area contributed by atoms with Gasteiger partial charge in [0.1, 0.15) is 12.4 Å². The lowest BCUT2D eigenvalue weighted by molar-refractivity contribution is 0.302. The van der Waals surface area contributed by atoms with Gasteiger partial charge in [0.15, 0.2) is 0 Å². The van der Waals surface area contributed by atoms with Crippen molar-refractivity contribution in [1.29, 1.82) is 0 Å². The number of rotatable bonds is 0. The summed E-state index contributed by atoms with van der Waals surface area (Å²) in [5, 5.41) is 0. The van der Waals surface area contributed by atoms with Gasteiger partial charge >= 0.3 is 0 Å². The van der Waals surface area contributed by atoms with E-state index in [1.54, 1.807) is 0 Å². The molecule has 2 aromatic carbocycles. The molecular weight excluding hydrogens is 196 g/mol. The van der Waals surface area contributed by atoms with Crippen LogP contribution in [0.15, 0.2) is 36.4 Å².